The van der Waals surface area contributed by atoms with E-state index in [2.05, 4.69) is 10.1 Å². The lowest BCUT2D eigenvalue weighted by Crippen LogP contribution is -2.17. The Morgan fingerprint density at radius 3 is 2.39 bits per heavy atom. The number of anilines is 1. The summed E-state index contributed by atoms with van der Waals surface area (Å²) in [6.07, 6.45) is -4.79. The number of thioether (sulfide) groups is 1. The Morgan fingerprint density at radius 2 is 1.74 bits per heavy atom. The summed E-state index contributed by atoms with van der Waals surface area (Å²) in [5.74, 6) is -0.0634. The summed E-state index contributed by atoms with van der Waals surface area (Å²) >= 11 is 7.67. The smallest absolute Gasteiger partial charge is 0.406 e. The summed E-state index contributed by atoms with van der Waals surface area (Å²) in [7, 11) is 0. The van der Waals surface area contributed by atoms with Crippen molar-refractivity contribution in [2.45, 2.75) is 25.6 Å². The van der Waals surface area contributed by atoms with Crippen LogP contribution in [0.2, 0.25) is 5.02 Å². The van der Waals surface area contributed by atoms with Gasteiger partial charge in [-0.2, -0.15) is 11.8 Å². The first-order chi connectivity index (χ1) is 18.1. The van der Waals surface area contributed by atoms with Gasteiger partial charge in [-0.1, -0.05) is 48.0 Å². The van der Waals surface area contributed by atoms with Crippen molar-refractivity contribution in [3.05, 3.63) is 107 Å². The molecule has 0 fully saturated rings. The number of halogens is 5. The number of alkyl halides is 3. The molecule has 0 saturated carbocycles. The maximum absolute atomic E-state index is 14.1. The van der Waals surface area contributed by atoms with Crippen LogP contribution in [0.15, 0.2) is 78.9 Å². The number of hydrogen-bond acceptors (Lipinski definition) is 3. The van der Waals surface area contributed by atoms with Crippen molar-refractivity contribution < 1.29 is 27.1 Å². The number of hydrogen-bond donors (Lipinski definition) is 1. The molecule has 38 heavy (non-hydrogen) atoms. The highest BCUT2D eigenvalue weighted by atomic mass is 35.5. The third kappa shape index (κ3) is 6.90. The van der Waals surface area contributed by atoms with E-state index in [1.54, 1.807) is 18.2 Å². The molecule has 0 unspecified atom stereocenters. The third-order valence-electron chi connectivity index (χ3n) is 5.79. The van der Waals surface area contributed by atoms with Crippen molar-refractivity contribution in [1.82, 2.24) is 4.57 Å². The third-order valence-corrected chi connectivity index (χ3v) is 7.11. The predicted octanol–water partition coefficient (Wildman–Crippen LogP) is 8.34. The van der Waals surface area contributed by atoms with Crippen LogP contribution in [0.1, 0.15) is 21.6 Å². The second-order valence-electron chi connectivity index (χ2n) is 8.33. The molecule has 4 aromatic rings. The zero-order valence-corrected chi connectivity index (χ0v) is 21.8. The average Bonchev–Trinajstić information content (AvgIpc) is 3.20. The van der Waals surface area contributed by atoms with Crippen LogP contribution in [-0.2, 0) is 12.3 Å². The van der Waals surface area contributed by atoms with Crippen molar-refractivity contribution in [3.63, 3.8) is 0 Å². The molecule has 0 saturated heterocycles. The quantitative estimate of drug-likeness (QED) is 0.165. The van der Waals surface area contributed by atoms with Crippen LogP contribution in [0.5, 0.6) is 5.75 Å². The number of nitrogens with one attached hydrogen (secondary N) is 1. The van der Waals surface area contributed by atoms with E-state index in [0.717, 1.165) is 29.1 Å². The fraction of sp³-hybridized carbons (Fsp3) is 0.179. The molecule has 3 aromatic carbocycles. The minimum atomic E-state index is -4.79. The molecule has 0 atom stereocenters. The molecule has 0 aliphatic carbocycles. The van der Waals surface area contributed by atoms with Crippen LogP contribution in [0.4, 0.5) is 23.2 Å². The molecule has 10 heteroatoms. The number of ether oxygens (including phenoxy) is 1. The average molecular weight is 563 g/mol. The molecular formula is C28H23ClF4N2O2S. The molecule has 0 spiro atoms. The summed E-state index contributed by atoms with van der Waals surface area (Å²) in [5.41, 5.74) is 3.70. The number of aromatic nitrogens is 1. The number of benzene rings is 3. The summed E-state index contributed by atoms with van der Waals surface area (Å²) in [6.45, 7) is 2.39. The molecular weight excluding hydrogens is 540 g/mol. The number of amides is 1. The Bertz CT molecular complexity index is 1390. The van der Waals surface area contributed by atoms with Crippen molar-refractivity contribution in [2.75, 3.05) is 11.1 Å². The van der Waals surface area contributed by atoms with Gasteiger partial charge in [0.2, 0.25) is 0 Å². The highest BCUT2D eigenvalue weighted by molar-refractivity contribution is 7.98. The van der Waals surface area contributed by atoms with E-state index in [-0.39, 0.29) is 11.6 Å². The van der Waals surface area contributed by atoms with E-state index >= 15 is 0 Å². The number of nitrogens with zero attached hydrogens (tertiary/aromatic N) is 1. The zero-order valence-electron chi connectivity index (χ0n) is 20.2. The van der Waals surface area contributed by atoms with E-state index in [4.69, 9.17) is 11.6 Å². The fourth-order valence-electron chi connectivity index (χ4n) is 3.95. The summed E-state index contributed by atoms with van der Waals surface area (Å²) < 4.78 is 57.3. The van der Waals surface area contributed by atoms with Crippen LogP contribution in [-0.4, -0.2) is 22.6 Å². The topological polar surface area (TPSA) is 43.3 Å². The Morgan fingerprint density at radius 1 is 1.03 bits per heavy atom. The van der Waals surface area contributed by atoms with Gasteiger partial charge in [-0.25, -0.2) is 4.39 Å². The SMILES string of the molecule is Cc1c(C(=O)Nc2ccc(OC(F)(F)F)cc2)cc(-c2ccccc2)n1CCSCc1c(F)cccc1Cl. The normalized spacial score (nSPS) is 11.4. The molecule has 0 aliphatic heterocycles. The number of carbonyl (C=O) groups excluding carboxylic acids is 1. The van der Waals surface area contributed by atoms with Gasteiger partial charge in [0.25, 0.3) is 5.91 Å². The van der Waals surface area contributed by atoms with Crippen molar-refractivity contribution in [1.29, 1.82) is 0 Å². The molecule has 1 amide bonds. The summed E-state index contributed by atoms with van der Waals surface area (Å²) in [4.78, 5) is 13.1. The Hall–Kier alpha value is -3.43. The van der Waals surface area contributed by atoms with E-state index < -0.39 is 12.3 Å². The van der Waals surface area contributed by atoms with Gasteiger partial charge >= 0.3 is 6.36 Å². The summed E-state index contributed by atoms with van der Waals surface area (Å²) in [5, 5.41) is 3.12. The molecule has 1 N–H and O–H groups in total. The minimum Gasteiger partial charge on any atom is -0.406 e. The molecule has 1 heterocycles. The maximum Gasteiger partial charge on any atom is 0.573 e. The molecule has 0 aliphatic rings. The molecule has 0 bridgehead atoms. The number of carbonyl (C=O) groups is 1. The lowest BCUT2D eigenvalue weighted by Gasteiger charge is -2.13. The lowest BCUT2D eigenvalue weighted by molar-refractivity contribution is -0.274. The van der Waals surface area contributed by atoms with Gasteiger partial charge in [0.15, 0.2) is 0 Å². The predicted molar refractivity (Wildman–Crippen MR) is 143 cm³/mol. The molecule has 0 radical (unpaired) electrons. The molecule has 4 rings (SSSR count). The van der Waals surface area contributed by atoms with Crippen LogP contribution >= 0.6 is 23.4 Å². The Kier molecular flexibility index (Phi) is 8.69. The first-order valence-electron chi connectivity index (χ1n) is 11.6. The minimum absolute atomic E-state index is 0.329. The van der Waals surface area contributed by atoms with E-state index in [1.165, 1.54) is 30.0 Å². The largest absolute Gasteiger partial charge is 0.573 e. The second kappa shape index (κ2) is 12.0. The monoisotopic (exact) mass is 562 g/mol. The molecule has 1 aromatic heterocycles. The highest BCUT2D eigenvalue weighted by Gasteiger charge is 2.31. The fourth-order valence-corrected chi connectivity index (χ4v) is 5.21. The molecule has 198 valence electrons. The summed E-state index contributed by atoms with van der Waals surface area (Å²) in [6, 6.07) is 20.9. The van der Waals surface area contributed by atoms with Crippen molar-refractivity contribution >= 4 is 35.0 Å². The van der Waals surface area contributed by atoms with Gasteiger partial charge < -0.3 is 14.6 Å². The second-order valence-corrected chi connectivity index (χ2v) is 9.84. The van der Waals surface area contributed by atoms with E-state index in [1.807, 2.05) is 41.8 Å². The van der Waals surface area contributed by atoms with Crippen molar-refractivity contribution in [2.24, 2.45) is 0 Å². The Labute approximate surface area is 226 Å². The van der Waals surface area contributed by atoms with E-state index in [0.29, 0.717) is 39.9 Å². The van der Waals surface area contributed by atoms with Gasteiger partial charge in [0, 0.05) is 45.7 Å². The molecule has 4 nitrogen and oxygen atoms in total. The zero-order chi connectivity index (χ0) is 27.3. The highest BCUT2D eigenvalue weighted by Crippen LogP contribution is 2.29. The van der Waals surface area contributed by atoms with Gasteiger partial charge in [0.1, 0.15) is 11.6 Å². The lowest BCUT2D eigenvalue weighted by atomic mass is 10.1. The van der Waals surface area contributed by atoms with Crippen LogP contribution in [0, 0.1) is 12.7 Å². The first-order valence-corrected chi connectivity index (χ1v) is 13.1. The van der Waals surface area contributed by atoms with Crippen LogP contribution in [0.3, 0.4) is 0 Å². The number of rotatable bonds is 9. The van der Waals surface area contributed by atoms with Crippen LogP contribution in [0.25, 0.3) is 11.3 Å². The van der Waals surface area contributed by atoms with Crippen molar-refractivity contribution in [3.8, 4) is 17.0 Å². The van der Waals surface area contributed by atoms with Gasteiger partial charge in [-0.05, 0) is 55.0 Å². The van der Waals surface area contributed by atoms with Gasteiger partial charge in [-0.15, -0.1) is 13.2 Å². The maximum atomic E-state index is 14.1. The van der Waals surface area contributed by atoms with Gasteiger partial charge in [-0.3, -0.25) is 4.79 Å². The van der Waals surface area contributed by atoms with Gasteiger partial charge in [0.05, 0.1) is 5.56 Å². The van der Waals surface area contributed by atoms with E-state index in [9.17, 15) is 22.4 Å². The first kappa shape index (κ1) is 27.6. The Balaban J connectivity index is 1.51. The van der Waals surface area contributed by atoms with Crippen LogP contribution < -0.4 is 10.1 Å². The standard InChI is InChI=1S/C28H23ClF4N2O2S/c1-18-22(27(36)34-20-10-12-21(13-11-20)37-28(31,32)33)16-26(19-6-3-2-4-7-19)35(18)14-15-38-17-23-24(29)8-5-9-25(23)30/h2-13,16H,14-15,17H2,1H3,(H,34,36).